The van der Waals surface area contributed by atoms with Gasteiger partial charge in [-0.05, 0) is 19.4 Å². The third-order valence-electron chi connectivity index (χ3n) is 4.94. The van der Waals surface area contributed by atoms with Crippen molar-refractivity contribution in [3.05, 3.63) is 0 Å². The predicted octanol–water partition coefficient (Wildman–Crippen LogP) is -0.0451. The minimum atomic E-state index is -4.36. The Bertz CT molecular complexity index is 408. The lowest BCUT2D eigenvalue weighted by Gasteiger charge is -2.36. The topological polar surface area (TPSA) is 65.6 Å². The van der Waals surface area contributed by atoms with Crippen LogP contribution >= 0.6 is 0 Å². The van der Waals surface area contributed by atoms with Crippen molar-refractivity contribution in [1.29, 1.82) is 0 Å². The standard InChI is InChI=1S/C15H27F3N4O2/c1-24-9-3-14(2-4-20-11-14)13(23)21-10-12(15(16,17)18)22-7-5-19-6-8-22/h12,19-20H,2-11H2,1H3,(H,21,23). The molecule has 2 fully saturated rings. The molecule has 2 heterocycles. The number of hydrogen-bond donors (Lipinski definition) is 3. The van der Waals surface area contributed by atoms with Crippen LogP contribution in [0, 0.1) is 5.41 Å². The summed E-state index contributed by atoms with van der Waals surface area (Å²) in [4.78, 5) is 14.0. The molecule has 2 aliphatic heterocycles. The highest BCUT2D eigenvalue weighted by atomic mass is 19.4. The molecule has 0 radical (unpaired) electrons. The van der Waals surface area contributed by atoms with Gasteiger partial charge in [-0.1, -0.05) is 0 Å². The first-order valence-corrected chi connectivity index (χ1v) is 8.38. The second-order valence-corrected chi connectivity index (χ2v) is 6.50. The Balaban J connectivity index is 1.97. The number of rotatable bonds is 7. The van der Waals surface area contributed by atoms with Crippen molar-refractivity contribution in [3.63, 3.8) is 0 Å². The van der Waals surface area contributed by atoms with E-state index in [2.05, 4.69) is 16.0 Å². The number of hydrogen-bond acceptors (Lipinski definition) is 5. The van der Waals surface area contributed by atoms with E-state index in [1.807, 2.05) is 0 Å². The number of piperazine rings is 1. The van der Waals surface area contributed by atoms with Gasteiger partial charge in [0.2, 0.25) is 5.91 Å². The van der Waals surface area contributed by atoms with Crippen molar-refractivity contribution < 1.29 is 22.7 Å². The van der Waals surface area contributed by atoms with Gasteiger partial charge in [-0.25, -0.2) is 0 Å². The molecule has 2 aliphatic rings. The molecule has 0 bridgehead atoms. The fraction of sp³-hybridized carbons (Fsp3) is 0.933. The molecular formula is C15H27F3N4O2. The first-order valence-electron chi connectivity index (χ1n) is 8.38. The summed E-state index contributed by atoms with van der Waals surface area (Å²) in [6, 6.07) is -1.64. The zero-order chi connectivity index (χ0) is 17.6. The Labute approximate surface area is 140 Å². The SMILES string of the molecule is COCCC1(C(=O)NCC(N2CCNCC2)C(F)(F)F)CCNC1. The maximum Gasteiger partial charge on any atom is 0.405 e. The number of methoxy groups -OCH3 is 1. The lowest BCUT2D eigenvalue weighted by Crippen LogP contribution is -2.58. The Hall–Kier alpha value is -0.900. The molecule has 0 aromatic heterocycles. The summed E-state index contributed by atoms with van der Waals surface area (Å²) in [5.41, 5.74) is -0.671. The molecule has 3 N–H and O–H groups in total. The van der Waals surface area contributed by atoms with E-state index in [1.54, 1.807) is 7.11 Å². The molecule has 0 spiro atoms. The molecule has 140 valence electrons. The van der Waals surface area contributed by atoms with Crippen LogP contribution in [0.1, 0.15) is 12.8 Å². The summed E-state index contributed by atoms with van der Waals surface area (Å²) in [5.74, 6) is -0.311. The van der Waals surface area contributed by atoms with E-state index in [0.717, 1.165) is 0 Å². The second kappa shape index (κ2) is 8.46. The van der Waals surface area contributed by atoms with E-state index < -0.39 is 24.2 Å². The molecule has 0 aromatic rings. The number of amides is 1. The van der Waals surface area contributed by atoms with Gasteiger partial charge in [-0.3, -0.25) is 9.69 Å². The molecule has 1 amide bonds. The third kappa shape index (κ3) is 4.81. The lowest BCUT2D eigenvalue weighted by molar-refractivity contribution is -0.184. The third-order valence-corrected chi connectivity index (χ3v) is 4.94. The maximum atomic E-state index is 13.4. The molecule has 6 nitrogen and oxygen atoms in total. The zero-order valence-electron chi connectivity index (χ0n) is 14.0. The summed E-state index contributed by atoms with van der Waals surface area (Å²) in [5, 5.41) is 8.73. The van der Waals surface area contributed by atoms with Crippen LogP contribution < -0.4 is 16.0 Å². The Morgan fingerprint density at radius 3 is 2.54 bits per heavy atom. The predicted molar refractivity (Wildman–Crippen MR) is 83.7 cm³/mol. The number of nitrogens with zero attached hydrogens (tertiary/aromatic N) is 1. The average Bonchev–Trinajstić information content (AvgIpc) is 3.03. The minimum absolute atomic E-state index is 0.311. The Kier molecular flexibility index (Phi) is 6.85. The highest BCUT2D eigenvalue weighted by molar-refractivity contribution is 5.83. The van der Waals surface area contributed by atoms with Gasteiger partial charge in [0.25, 0.3) is 0 Å². The van der Waals surface area contributed by atoms with Gasteiger partial charge in [-0.15, -0.1) is 0 Å². The van der Waals surface area contributed by atoms with Gasteiger partial charge in [0.05, 0.1) is 5.41 Å². The molecule has 2 saturated heterocycles. The Morgan fingerprint density at radius 1 is 1.29 bits per heavy atom. The number of nitrogens with one attached hydrogen (secondary N) is 3. The molecule has 0 aromatic carbocycles. The lowest BCUT2D eigenvalue weighted by atomic mass is 9.82. The van der Waals surface area contributed by atoms with Gasteiger partial charge in [0, 0.05) is 53.0 Å². The number of carbonyl (C=O) groups is 1. The largest absolute Gasteiger partial charge is 0.405 e. The fourth-order valence-corrected chi connectivity index (χ4v) is 3.38. The van der Waals surface area contributed by atoms with Crippen LogP contribution in [0.25, 0.3) is 0 Å². The van der Waals surface area contributed by atoms with Crippen molar-refractivity contribution in [2.45, 2.75) is 25.1 Å². The smallest absolute Gasteiger partial charge is 0.385 e. The molecule has 0 aliphatic carbocycles. The van der Waals surface area contributed by atoms with Crippen LogP contribution in [0.4, 0.5) is 13.2 Å². The summed E-state index contributed by atoms with van der Waals surface area (Å²) in [7, 11) is 1.55. The molecule has 24 heavy (non-hydrogen) atoms. The normalized spacial score (nSPS) is 27.2. The first-order chi connectivity index (χ1) is 11.4. The van der Waals surface area contributed by atoms with Gasteiger partial charge in [0.15, 0.2) is 0 Å². The summed E-state index contributed by atoms with van der Waals surface area (Å²) >= 11 is 0. The molecule has 2 atom stereocenters. The van der Waals surface area contributed by atoms with Crippen molar-refractivity contribution in [2.75, 3.05) is 59.5 Å². The van der Waals surface area contributed by atoms with Gasteiger partial charge in [0.1, 0.15) is 6.04 Å². The van der Waals surface area contributed by atoms with Gasteiger partial charge >= 0.3 is 6.18 Å². The molecular weight excluding hydrogens is 325 g/mol. The van der Waals surface area contributed by atoms with Crippen LogP contribution in [0.15, 0.2) is 0 Å². The molecule has 0 saturated carbocycles. The van der Waals surface area contributed by atoms with Crippen molar-refractivity contribution in [1.82, 2.24) is 20.9 Å². The highest BCUT2D eigenvalue weighted by Gasteiger charge is 2.46. The van der Waals surface area contributed by atoms with Crippen molar-refractivity contribution >= 4 is 5.91 Å². The average molecular weight is 352 g/mol. The number of alkyl halides is 3. The van der Waals surface area contributed by atoms with Gasteiger partial charge in [-0.2, -0.15) is 13.2 Å². The maximum absolute atomic E-state index is 13.4. The van der Waals surface area contributed by atoms with Crippen LogP contribution in [0.2, 0.25) is 0 Å². The van der Waals surface area contributed by atoms with Crippen molar-refractivity contribution in [3.8, 4) is 0 Å². The van der Waals surface area contributed by atoms with Crippen molar-refractivity contribution in [2.24, 2.45) is 5.41 Å². The van der Waals surface area contributed by atoms with Crippen LogP contribution in [0.3, 0.4) is 0 Å². The fourth-order valence-electron chi connectivity index (χ4n) is 3.38. The quantitative estimate of drug-likeness (QED) is 0.600. The van der Waals surface area contributed by atoms with Crippen LogP contribution in [0.5, 0.6) is 0 Å². The van der Waals surface area contributed by atoms with E-state index in [4.69, 9.17) is 4.74 Å². The van der Waals surface area contributed by atoms with Crippen LogP contribution in [-0.2, 0) is 9.53 Å². The molecule has 9 heteroatoms. The Morgan fingerprint density at radius 2 is 2.00 bits per heavy atom. The highest BCUT2D eigenvalue weighted by Crippen LogP contribution is 2.31. The number of ether oxygens (including phenoxy) is 1. The summed E-state index contributed by atoms with van der Waals surface area (Å²) in [6.45, 7) is 2.90. The van der Waals surface area contributed by atoms with E-state index in [1.165, 1.54) is 4.90 Å². The van der Waals surface area contributed by atoms with E-state index in [9.17, 15) is 18.0 Å². The van der Waals surface area contributed by atoms with Gasteiger partial charge < -0.3 is 20.7 Å². The van der Waals surface area contributed by atoms with Crippen LogP contribution in [-0.4, -0.2) is 82.6 Å². The monoisotopic (exact) mass is 352 g/mol. The summed E-state index contributed by atoms with van der Waals surface area (Å²) in [6.07, 6.45) is -3.24. The molecule has 2 rings (SSSR count). The first kappa shape index (κ1) is 19.4. The van der Waals surface area contributed by atoms with E-state index >= 15 is 0 Å². The number of halogens is 3. The van der Waals surface area contributed by atoms with E-state index in [0.29, 0.717) is 58.7 Å². The second-order valence-electron chi connectivity index (χ2n) is 6.50. The molecule has 2 unspecified atom stereocenters. The van der Waals surface area contributed by atoms with E-state index in [-0.39, 0.29) is 5.91 Å². The zero-order valence-corrected chi connectivity index (χ0v) is 14.0. The number of carbonyl (C=O) groups excluding carboxylic acids is 1. The minimum Gasteiger partial charge on any atom is -0.385 e. The summed E-state index contributed by atoms with van der Waals surface area (Å²) < 4.78 is 45.2.